The van der Waals surface area contributed by atoms with Crippen molar-refractivity contribution >= 4 is 33.3 Å². The third-order valence-corrected chi connectivity index (χ3v) is 6.40. The quantitative estimate of drug-likeness (QED) is 0.381. The summed E-state index contributed by atoms with van der Waals surface area (Å²) in [4.78, 5) is 33.5. The van der Waals surface area contributed by atoms with E-state index >= 15 is 0 Å². The van der Waals surface area contributed by atoms with E-state index in [4.69, 9.17) is 4.98 Å². The Balaban J connectivity index is 1.64. The smallest absolute Gasteiger partial charge is 0.258 e. The number of nitrogens with one attached hydrogen (secondary N) is 2. The van der Waals surface area contributed by atoms with E-state index < -0.39 is 0 Å². The molecule has 32 heavy (non-hydrogen) atoms. The average Bonchev–Trinajstić information content (AvgIpc) is 3.49. The Kier molecular flexibility index (Phi) is 4.22. The molecule has 0 atom stereocenters. The van der Waals surface area contributed by atoms with Gasteiger partial charge in [-0.25, -0.2) is 9.97 Å². The molecule has 0 radical (unpaired) electrons. The number of hydrogen-bond acceptors (Lipinski definition) is 5. The van der Waals surface area contributed by atoms with Crippen LogP contribution in [-0.4, -0.2) is 24.9 Å². The first-order valence-electron chi connectivity index (χ1n) is 10.2. The average molecular weight is 436 g/mol. The van der Waals surface area contributed by atoms with E-state index in [0.717, 1.165) is 48.7 Å². The molecule has 0 unspecified atom stereocenters. The normalized spacial score (nSPS) is 11.4. The molecule has 6 nitrogen and oxygen atoms in total. The topological polar surface area (TPSA) is 87.3 Å². The van der Waals surface area contributed by atoms with Crippen molar-refractivity contribution in [3.05, 3.63) is 88.5 Å². The molecule has 6 aromatic rings. The summed E-state index contributed by atoms with van der Waals surface area (Å²) < 4.78 is 0. The number of aromatic amines is 2. The van der Waals surface area contributed by atoms with Crippen LogP contribution < -0.4 is 5.56 Å². The molecule has 0 saturated heterocycles. The molecule has 0 bridgehead atoms. The Bertz CT molecular complexity index is 1660. The number of hydrogen-bond donors (Lipinski definition) is 2. The predicted molar refractivity (Wildman–Crippen MR) is 129 cm³/mol. The number of aryl methyl sites for hydroxylation is 1. The zero-order valence-corrected chi connectivity index (χ0v) is 17.9. The van der Waals surface area contributed by atoms with Crippen LogP contribution in [0, 0.1) is 6.92 Å². The highest BCUT2D eigenvalue weighted by atomic mass is 32.1. The summed E-state index contributed by atoms with van der Waals surface area (Å²) in [7, 11) is 0. The molecule has 0 aliphatic rings. The molecule has 154 valence electrons. The van der Waals surface area contributed by atoms with Gasteiger partial charge in [0.2, 0.25) is 0 Å². The number of rotatable bonds is 3. The molecule has 5 heterocycles. The van der Waals surface area contributed by atoms with Crippen LogP contribution in [0.2, 0.25) is 0 Å². The molecule has 6 rings (SSSR count). The van der Waals surface area contributed by atoms with Crippen molar-refractivity contribution in [2.75, 3.05) is 0 Å². The molecule has 0 spiro atoms. The van der Waals surface area contributed by atoms with Crippen molar-refractivity contribution in [1.29, 1.82) is 0 Å². The summed E-state index contributed by atoms with van der Waals surface area (Å²) in [5.41, 5.74) is 5.49. The summed E-state index contributed by atoms with van der Waals surface area (Å²) in [5.74, 6) is 0. The number of nitrogens with zero attached hydrogens (tertiary/aromatic N) is 3. The van der Waals surface area contributed by atoms with E-state index in [2.05, 4.69) is 44.2 Å². The fourth-order valence-electron chi connectivity index (χ4n) is 3.95. The Morgan fingerprint density at radius 3 is 2.66 bits per heavy atom. The Morgan fingerprint density at radius 2 is 1.84 bits per heavy atom. The van der Waals surface area contributed by atoms with Gasteiger partial charge in [0, 0.05) is 34.9 Å². The van der Waals surface area contributed by atoms with Gasteiger partial charge >= 0.3 is 0 Å². The van der Waals surface area contributed by atoms with Crippen LogP contribution in [0.5, 0.6) is 0 Å². The lowest BCUT2D eigenvalue weighted by atomic mass is 9.99. The van der Waals surface area contributed by atoms with Crippen molar-refractivity contribution in [2.24, 2.45) is 0 Å². The van der Waals surface area contributed by atoms with Crippen molar-refractivity contribution in [3.8, 4) is 33.0 Å². The first kappa shape index (κ1) is 18.7. The van der Waals surface area contributed by atoms with Crippen LogP contribution in [0.3, 0.4) is 0 Å². The van der Waals surface area contributed by atoms with Crippen molar-refractivity contribution < 1.29 is 0 Å². The van der Waals surface area contributed by atoms with Crippen LogP contribution >= 0.6 is 11.3 Å². The van der Waals surface area contributed by atoms with Crippen LogP contribution in [0.4, 0.5) is 0 Å². The largest absolute Gasteiger partial charge is 0.361 e. The van der Waals surface area contributed by atoms with Crippen LogP contribution in [-0.2, 0) is 0 Å². The van der Waals surface area contributed by atoms with Crippen LogP contribution in [0.1, 0.15) is 5.01 Å². The first-order valence-corrected chi connectivity index (χ1v) is 11.0. The summed E-state index contributed by atoms with van der Waals surface area (Å²) in [6.07, 6.45) is 5.44. The highest BCUT2D eigenvalue weighted by Crippen LogP contribution is 2.36. The second kappa shape index (κ2) is 7.25. The van der Waals surface area contributed by atoms with Crippen molar-refractivity contribution in [1.82, 2.24) is 24.9 Å². The Hall–Kier alpha value is -4.10. The maximum Gasteiger partial charge on any atom is 0.258 e. The predicted octanol–water partition coefficient (Wildman–Crippen LogP) is 5.57. The number of benzene rings is 1. The number of aromatic nitrogens is 5. The van der Waals surface area contributed by atoms with Gasteiger partial charge < -0.3 is 9.97 Å². The molecule has 5 aromatic heterocycles. The van der Waals surface area contributed by atoms with Gasteiger partial charge in [0.05, 0.1) is 32.4 Å². The molecular formula is C25H17N5OS. The number of fused-ring (bicyclic) bond motifs is 2. The van der Waals surface area contributed by atoms with Gasteiger partial charge in [-0.3, -0.25) is 9.78 Å². The molecule has 0 fully saturated rings. The van der Waals surface area contributed by atoms with Gasteiger partial charge in [-0.15, -0.1) is 11.3 Å². The Labute approximate surface area is 186 Å². The van der Waals surface area contributed by atoms with Crippen molar-refractivity contribution in [2.45, 2.75) is 6.92 Å². The monoisotopic (exact) mass is 435 g/mol. The highest BCUT2D eigenvalue weighted by Gasteiger charge is 2.16. The number of pyridine rings is 3. The van der Waals surface area contributed by atoms with E-state index in [1.807, 2.05) is 43.5 Å². The van der Waals surface area contributed by atoms with E-state index in [-0.39, 0.29) is 5.56 Å². The maximum absolute atomic E-state index is 12.8. The lowest BCUT2D eigenvalue weighted by Crippen LogP contribution is -2.10. The van der Waals surface area contributed by atoms with Gasteiger partial charge in [-0.2, -0.15) is 0 Å². The third kappa shape index (κ3) is 3.11. The van der Waals surface area contributed by atoms with E-state index in [9.17, 15) is 4.79 Å². The van der Waals surface area contributed by atoms with Gasteiger partial charge in [-0.05, 0) is 55.0 Å². The summed E-state index contributed by atoms with van der Waals surface area (Å²) in [5, 5.41) is 2.89. The lowest BCUT2D eigenvalue weighted by Gasteiger charge is -2.11. The SMILES string of the molecule is Cc1ncc(-c2nc3[nH]c(=O)c(-c4ccc[nH]4)cc3cc2-c2ccc3ncccc3c2)s1. The zero-order valence-electron chi connectivity index (χ0n) is 17.1. The van der Waals surface area contributed by atoms with Gasteiger partial charge in [0.25, 0.3) is 5.56 Å². The fraction of sp³-hybridized carbons (Fsp3) is 0.0400. The first-order chi connectivity index (χ1) is 15.7. The summed E-state index contributed by atoms with van der Waals surface area (Å²) in [6.45, 7) is 1.97. The molecular weight excluding hydrogens is 418 g/mol. The minimum Gasteiger partial charge on any atom is -0.361 e. The lowest BCUT2D eigenvalue weighted by molar-refractivity contribution is 1.22. The second-order valence-electron chi connectivity index (χ2n) is 7.57. The van der Waals surface area contributed by atoms with E-state index in [0.29, 0.717) is 11.2 Å². The van der Waals surface area contributed by atoms with Gasteiger partial charge in [-0.1, -0.05) is 12.1 Å². The van der Waals surface area contributed by atoms with Crippen LogP contribution in [0.25, 0.3) is 54.9 Å². The van der Waals surface area contributed by atoms with E-state index in [1.165, 1.54) is 0 Å². The number of H-pyrrole nitrogens is 2. The van der Waals surface area contributed by atoms with Gasteiger partial charge in [0.15, 0.2) is 0 Å². The maximum atomic E-state index is 12.8. The minimum atomic E-state index is -0.177. The Morgan fingerprint density at radius 1 is 0.938 bits per heavy atom. The zero-order chi connectivity index (χ0) is 21.7. The summed E-state index contributed by atoms with van der Waals surface area (Å²) >= 11 is 1.58. The van der Waals surface area contributed by atoms with Crippen LogP contribution in [0.15, 0.2) is 78.0 Å². The standard InChI is InChI=1S/C25H17N5OS/c1-14-28-13-22(32-14)23-18(15-6-7-20-16(10-15)4-2-8-26-20)11-17-12-19(21-5-3-9-27-21)25(31)30-24(17)29-23/h2-13,27H,1H3,(H,29,30,31). The molecule has 1 aromatic carbocycles. The minimum absolute atomic E-state index is 0.177. The molecule has 0 amide bonds. The highest BCUT2D eigenvalue weighted by molar-refractivity contribution is 7.15. The fourth-order valence-corrected chi connectivity index (χ4v) is 4.74. The molecule has 0 aliphatic heterocycles. The molecule has 0 saturated carbocycles. The second-order valence-corrected chi connectivity index (χ2v) is 8.81. The summed E-state index contributed by atoms with van der Waals surface area (Å²) in [6, 6.07) is 17.9. The van der Waals surface area contributed by atoms with Crippen molar-refractivity contribution in [3.63, 3.8) is 0 Å². The molecule has 2 N–H and O–H groups in total. The van der Waals surface area contributed by atoms with Gasteiger partial charge in [0.1, 0.15) is 5.65 Å². The molecule has 0 aliphatic carbocycles. The van der Waals surface area contributed by atoms with E-state index in [1.54, 1.807) is 23.7 Å². The third-order valence-electron chi connectivity index (χ3n) is 5.49. The molecule has 7 heteroatoms. The number of thiazole rings is 1.